The van der Waals surface area contributed by atoms with Gasteiger partial charge in [0, 0.05) is 15.7 Å². The Hall–Kier alpha value is -0.590. The molecule has 0 saturated carbocycles. The van der Waals surface area contributed by atoms with Crippen molar-refractivity contribution in [2.24, 2.45) is 0 Å². The summed E-state index contributed by atoms with van der Waals surface area (Å²) in [5.74, 6) is 0. The van der Waals surface area contributed by atoms with Crippen LogP contribution in [0.3, 0.4) is 0 Å². The van der Waals surface area contributed by atoms with Gasteiger partial charge < -0.3 is 5.73 Å². The summed E-state index contributed by atoms with van der Waals surface area (Å²) in [5, 5.41) is 0. The number of nitrogens with one attached hydrogen (secondary N) is 1. The number of hydrogen-bond donors (Lipinski definition) is 2. The van der Waals surface area contributed by atoms with Gasteiger partial charge in [-0.3, -0.25) is 0 Å². The Labute approximate surface area is 104 Å². The van der Waals surface area contributed by atoms with E-state index < -0.39 is 15.6 Å². The van der Waals surface area contributed by atoms with Gasteiger partial charge in [-0.15, -0.1) is 0 Å². The van der Waals surface area contributed by atoms with E-state index in [9.17, 15) is 8.42 Å². The minimum Gasteiger partial charge on any atom is -0.399 e. The van der Waals surface area contributed by atoms with Crippen LogP contribution in [0.2, 0.25) is 0 Å². The molecule has 0 spiro atoms. The van der Waals surface area contributed by atoms with Gasteiger partial charge in [0.2, 0.25) is 10.0 Å². The van der Waals surface area contributed by atoms with Crippen molar-refractivity contribution in [2.45, 2.75) is 31.2 Å². The van der Waals surface area contributed by atoms with Gasteiger partial charge in [-0.25, -0.2) is 13.1 Å². The molecule has 0 aliphatic carbocycles. The lowest BCUT2D eigenvalue weighted by Crippen LogP contribution is -2.40. The molecule has 6 heteroatoms. The average Bonchev–Trinajstić information content (AvgIpc) is 2.04. The lowest BCUT2D eigenvalue weighted by Gasteiger charge is -2.21. The van der Waals surface area contributed by atoms with Crippen molar-refractivity contribution < 1.29 is 8.42 Å². The first-order valence-corrected chi connectivity index (χ1v) is 6.98. The molecule has 0 fully saturated rings. The number of sulfonamides is 1. The fraction of sp³-hybridized carbons (Fsp3) is 0.400. The van der Waals surface area contributed by atoms with E-state index in [-0.39, 0.29) is 4.90 Å². The Morgan fingerprint density at radius 2 is 1.88 bits per heavy atom. The Bertz CT molecular complexity index is 492. The number of nitrogen functional groups attached to an aromatic ring is 1. The zero-order chi connectivity index (χ0) is 12.6. The van der Waals surface area contributed by atoms with E-state index in [2.05, 4.69) is 20.7 Å². The molecule has 0 saturated heterocycles. The van der Waals surface area contributed by atoms with Crippen LogP contribution in [0.15, 0.2) is 27.6 Å². The maximum atomic E-state index is 12.0. The highest BCUT2D eigenvalue weighted by atomic mass is 79.9. The number of nitrogens with two attached hydrogens (primary N) is 1. The summed E-state index contributed by atoms with van der Waals surface area (Å²) in [6.07, 6.45) is 0. The van der Waals surface area contributed by atoms with Crippen molar-refractivity contribution in [3.05, 3.63) is 22.7 Å². The number of benzene rings is 1. The lowest BCUT2D eigenvalue weighted by atomic mass is 10.1. The molecular formula is C10H15BrN2O2S. The van der Waals surface area contributed by atoms with Crippen LogP contribution in [0.5, 0.6) is 0 Å². The average molecular weight is 307 g/mol. The van der Waals surface area contributed by atoms with Crippen LogP contribution < -0.4 is 10.5 Å². The van der Waals surface area contributed by atoms with E-state index in [1.165, 1.54) is 6.07 Å². The normalized spacial score (nSPS) is 12.8. The van der Waals surface area contributed by atoms with E-state index in [0.29, 0.717) is 10.2 Å². The molecule has 0 atom stereocenters. The van der Waals surface area contributed by atoms with Crippen LogP contribution in [0.1, 0.15) is 20.8 Å². The van der Waals surface area contributed by atoms with Gasteiger partial charge in [-0.2, -0.15) is 0 Å². The molecule has 0 aromatic heterocycles. The number of rotatable bonds is 2. The first-order chi connectivity index (χ1) is 7.12. The van der Waals surface area contributed by atoms with Gasteiger partial charge in [0.15, 0.2) is 0 Å². The lowest BCUT2D eigenvalue weighted by molar-refractivity contribution is 0.491. The fourth-order valence-electron chi connectivity index (χ4n) is 1.18. The van der Waals surface area contributed by atoms with Crippen LogP contribution in [0, 0.1) is 0 Å². The third-order valence-corrected chi connectivity index (χ3v) is 4.44. The summed E-state index contributed by atoms with van der Waals surface area (Å²) in [6.45, 7) is 5.35. The Morgan fingerprint density at radius 1 is 1.31 bits per heavy atom. The zero-order valence-electron chi connectivity index (χ0n) is 9.41. The maximum Gasteiger partial charge on any atom is 0.242 e. The molecule has 90 valence electrons. The van der Waals surface area contributed by atoms with Gasteiger partial charge in [0.1, 0.15) is 0 Å². The molecule has 0 aliphatic rings. The highest BCUT2D eigenvalue weighted by Crippen LogP contribution is 2.25. The van der Waals surface area contributed by atoms with Gasteiger partial charge in [-0.05, 0) is 54.9 Å². The summed E-state index contributed by atoms with van der Waals surface area (Å²) < 4.78 is 27.1. The third-order valence-electron chi connectivity index (χ3n) is 1.69. The molecule has 0 bridgehead atoms. The summed E-state index contributed by atoms with van der Waals surface area (Å²) in [4.78, 5) is 0.155. The van der Waals surface area contributed by atoms with Crippen molar-refractivity contribution in [1.29, 1.82) is 0 Å². The second kappa shape index (κ2) is 4.35. The summed E-state index contributed by atoms with van der Waals surface area (Å²) in [5.41, 5.74) is 5.46. The van der Waals surface area contributed by atoms with Crippen molar-refractivity contribution >= 4 is 31.6 Å². The van der Waals surface area contributed by atoms with Gasteiger partial charge >= 0.3 is 0 Å². The molecule has 0 aliphatic heterocycles. The molecule has 0 heterocycles. The quantitative estimate of drug-likeness (QED) is 0.822. The highest BCUT2D eigenvalue weighted by Gasteiger charge is 2.24. The topological polar surface area (TPSA) is 72.2 Å². The standard InChI is InChI=1S/C10H15BrN2O2S/c1-10(2,3)13-16(14,15)9-6-7(12)4-5-8(9)11/h4-6,13H,12H2,1-3H3. The van der Waals surface area contributed by atoms with E-state index in [1.54, 1.807) is 32.9 Å². The second-order valence-electron chi connectivity index (χ2n) is 4.55. The Morgan fingerprint density at radius 3 is 2.38 bits per heavy atom. The predicted octanol–water partition coefficient (Wildman–Crippen LogP) is 2.11. The number of hydrogen-bond acceptors (Lipinski definition) is 3. The molecule has 16 heavy (non-hydrogen) atoms. The molecule has 1 aromatic carbocycles. The van der Waals surface area contributed by atoms with Gasteiger partial charge in [0.05, 0.1) is 4.90 Å². The van der Waals surface area contributed by atoms with Gasteiger partial charge in [0.25, 0.3) is 0 Å². The van der Waals surface area contributed by atoms with Crippen molar-refractivity contribution in [1.82, 2.24) is 4.72 Å². The third kappa shape index (κ3) is 3.47. The molecule has 1 rings (SSSR count). The summed E-state index contributed by atoms with van der Waals surface area (Å²) in [6, 6.07) is 4.69. The summed E-state index contributed by atoms with van der Waals surface area (Å²) in [7, 11) is -3.55. The fourth-order valence-corrected chi connectivity index (χ4v) is 3.60. The first kappa shape index (κ1) is 13.5. The smallest absolute Gasteiger partial charge is 0.242 e. The molecular weight excluding hydrogens is 292 g/mol. The van der Waals surface area contributed by atoms with Crippen LogP contribution in [-0.4, -0.2) is 14.0 Å². The zero-order valence-corrected chi connectivity index (χ0v) is 11.8. The van der Waals surface area contributed by atoms with Crippen LogP contribution in [0.4, 0.5) is 5.69 Å². The van der Waals surface area contributed by atoms with E-state index >= 15 is 0 Å². The van der Waals surface area contributed by atoms with Crippen molar-refractivity contribution in [3.8, 4) is 0 Å². The number of halogens is 1. The van der Waals surface area contributed by atoms with Crippen LogP contribution in [-0.2, 0) is 10.0 Å². The maximum absolute atomic E-state index is 12.0. The highest BCUT2D eigenvalue weighted by molar-refractivity contribution is 9.10. The Balaban J connectivity index is 3.22. The predicted molar refractivity (Wildman–Crippen MR) is 68.6 cm³/mol. The van der Waals surface area contributed by atoms with Crippen LogP contribution >= 0.6 is 15.9 Å². The molecule has 0 unspecified atom stereocenters. The Kier molecular flexibility index (Phi) is 3.66. The minimum atomic E-state index is -3.55. The molecule has 4 nitrogen and oxygen atoms in total. The SMILES string of the molecule is CC(C)(C)NS(=O)(=O)c1cc(N)ccc1Br. The molecule has 3 N–H and O–H groups in total. The van der Waals surface area contributed by atoms with Crippen molar-refractivity contribution in [3.63, 3.8) is 0 Å². The number of anilines is 1. The minimum absolute atomic E-state index is 0.155. The van der Waals surface area contributed by atoms with Gasteiger partial charge in [-0.1, -0.05) is 0 Å². The van der Waals surface area contributed by atoms with Crippen LogP contribution in [0.25, 0.3) is 0 Å². The first-order valence-electron chi connectivity index (χ1n) is 4.71. The largest absolute Gasteiger partial charge is 0.399 e. The molecule has 0 amide bonds. The van der Waals surface area contributed by atoms with Crippen molar-refractivity contribution in [2.75, 3.05) is 5.73 Å². The monoisotopic (exact) mass is 306 g/mol. The van der Waals surface area contributed by atoms with E-state index in [0.717, 1.165) is 0 Å². The second-order valence-corrected chi connectivity index (χ2v) is 7.05. The molecule has 0 radical (unpaired) electrons. The summed E-state index contributed by atoms with van der Waals surface area (Å²) >= 11 is 3.20. The van der Waals surface area contributed by atoms with E-state index in [4.69, 9.17) is 5.73 Å². The van der Waals surface area contributed by atoms with E-state index in [1.807, 2.05) is 0 Å². The molecule has 1 aromatic rings.